The molecule has 0 fully saturated rings. The molecule has 0 aromatic heterocycles. The second-order valence-corrected chi connectivity index (χ2v) is 6.38. The molecule has 3 aromatic carbocycles. The Balaban J connectivity index is 1.78. The lowest BCUT2D eigenvalue weighted by molar-refractivity contribution is -0.137. The minimum atomic E-state index is -4.47. The molecule has 5 heteroatoms. The summed E-state index contributed by atoms with van der Waals surface area (Å²) in [6.07, 6.45) is -4.47. The van der Waals surface area contributed by atoms with E-state index in [1.54, 1.807) is 18.2 Å². The fourth-order valence-electron chi connectivity index (χ4n) is 3.47. The monoisotopic (exact) mass is 366 g/mol. The first-order valence-electron chi connectivity index (χ1n) is 8.32. The Morgan fingerprint density at radius 3 is 1.93 bits per heavy atom. The van der Waals surface area contributed by atoms with Crippen LogP contribution in [0.1, 0.15) is 37.8 Å². The van der Waals surface area contributed by atoms with Crippen molar-refractivity contribution in [1.29, 1.82) is 0 Å². The van der Waals surface area contributed by atoms with Crippen molar-refractivity contribution in [2.24, 2.45) is 0 Å². The Labute approximate surface area is 153 Å². The predicted octanol–water partition coefficient (Wildman–Crippen LogP) is 5.54. The zero-order chi connectivity index (χ0) is 19.2. The number of Topliss-reactive ketones (excluding diaryl/α,β-unsaturated/α-hetero) is 2. The fourth-order valence-corrected chi connectivity index (χ4v) is 3.47. The van der Waals surface area contributed by atoms with Crippen LogP contribution in [0.3, 0.4) is 0 Å². The zero-order valence-corrected chi connectivity index (χ0v) is 14.0. The summed E-state index contributed by atoms with van der Waals surface area (Å²) in [5.41, 5.74) is 1.56. The third-order valence-electron chi connectivity index (χ3n) is 4.76. The molecule has 27 heavy (non-hydrogen) atoms. The summed E-state index contributed by atoms with van der Waals surface area (Å²) < 4.78 is 38.3. The molecule has 1 aliphatic rings. The number of rotatable bonds is 2. The molecule has 2 nitrogen and oxygen atoms in total. The van der Waals surface area contributed by atoms with Crippen molar-refractivity contribution < 1.29 is 22.8 Å². The van der Waals surface area contributed by atoms with E-state index >= 15 is 0 Å². The van der Waals surface area contributed by atoms with Crippen molar-refractivity contribution >= 4 is 11.6 Å². The van der Waals surface area contributed by atoms with Crippen molar-refractivity contribution in [1.82, 2.24) is 0 Å². The highest BCUT2D eigenvalue weighted by Crippen LogP contribution is 2.40. The SMILES string of the molecule is O=C1c2cccc(-c3ccccc3)c2C(=O)C1c1ccc(C(F)(F)F)cc1. The minimum Gasteiger partial charge on any atom is -0.293 e. The lowest BCUT2D eigenvalue weighted by Crippen LogP contribution is -2.13. The Kier molecular flexibility index (Phi) is 3.95. The van der Waals surface area contributed by atoms with Crippen molar-refractivity contribution in [3.8, 4) is 11.1 Å². The highest BCUT2D eigenvalue weighted by Gasteiger charge is 2.41. The molecule has 0 heterocycles. The molecule has 0 amide bonds. The molecule has 1 aliphatic carbocycles. The Hall–Kier alpha value is -3.21. The van der Waals surface area contributed by atoms with Gasteiger partial charge in [-0.15, -0.1) is 0 Å². The molecule has 0 bridgehead atoms. The Morgan fingerprint density at radius 2 is 1.30 bits per heavy atom. The minimum absolute atomic E-state index is 0.271. The van der Waals surface area contributed by atoms with Crippen LogP contribution >= 0.6 is 0 Å². The highest BCUT2D eigenvalue weighted by atomic mass is 19.4. The van der Waals surface area contributed by atoms with Gasteiger partial charge in [0, 0.05) is 11.1 Å². The van der Waals surface area contributed by atoms with Gasteiger partial charge in [0.1, 0.15) is 5.92 Å². The van der Waals surface area contributed by atoms with Gasteiger partial charge in [-0.1, -0.05) is 60.7 Å². The maximum atomic E-state index is 13.0. The smallest absolute Gasteiger partial charge is 0.293 e. The maximum Gasteiger partial charge on any atom is 0.416 e. The molecule has 0 radical (unpaired) electrons. The van der Waals surface area contributed by atoms with Crippen molar-refractivity contribution in [2.45, 2.75) is 12.1 Å². The van der Waals surface area contributed by atoms with Gasteiger partial charge >= 0.3 is 6.18 Å². The summed E-state index contributed by atoms with van der Waals surface area (Å²) in [6.45, 7) is 0. The molecule has 0 saturated heterocycles. The van der Waals surface area contributed by atoms with Crippen molar-refractivity contribution in [3.63, 3.8) is 0 Å². The normalized spacial score (nSPS) is 16.5. The van der Waals surface area contributed by atoms with Crippen LogP contribution in [0.2, 0.25) is 0 Å². The van der Waals surface area contributed by atoms with Crippen LogP contribution in [0.4, 0.5) is 13.2 Å². The number of halogens is 3. The predicted molar refractivity (Wildman–Crippen MR) is 94.7 cm³/mol. The van der Waals surface area contributed by atoms with Crippen LogP contribution in [0, 0.1) is 0 Å². The van der Waals surface area contributed by atoms with E-state index in [1.165, 1.54) is 12.1 Å². The lowest BCUT2D eigenvalue weighted by atomic mass is 9.92. The van der Waals surface area contributed by atoms with Gasteiger partial charge in [-0.25, -0.2) is 0 Å². The van der Waals surface area contributed by atoms with Crippen LogP contribution in [0.5, 0.6) is 0 Å². The lowest BCUT2D eigenvalue weighted by Gasteiger charge is -2.11. The number of carbonyl (C=O) groups excluding carboxylic acids is 2. The number of hydrogen-bond donors (Lipinski definition) is 0. The van der Waals surface area contributed by atoms with E-state index in [9.17, 15) is 22.8 Å². The third kappa shape index (κ3) is 2.85. The first-order valence-corrected chi connectivity index (χ1v) is 8.32. The van der Waals surface area contributed by atoms with Crippen molar-refractivity contribution in [3.05, 3.63) is 95.1 Å². The van der Waals surface area contributed by atoms with Crippen LogP contribution in [0.15, 0.2) is 72.8 Å². The first-order chi connectivity index (χ1) is 12.9. The van der Waals surface area contributed by atoms with E-state index in [2.05, 4.69) is 0 Å². The van der Waals surface area contributed by atoms with Gasteiger partial charge in [0.2, 0.25) is 0 Å². The molecule has 0 aliphatic heterocycles. The molecule has 1 atom stereocenters. The molecular weight excluding hydrogens is 353 g/mol. The van der Waals surface area contributed by atoms with Crippen LogP contribution in [-0.2, 0) is 6.18 Å². The maximum absolute atomic E-state index is 13.0. The standard InChI is InChI=1S/C22H13F3O2/c23-22(24,25)15-11-9-14(10-12-15)18-20(26)17-8-4-7-16(19(17)21(18)27)13-5-2-1-3-6-13/h1-12,18H. The number of benzene rings is 3. The van der Waals surface area contributed by atoms with E-state index in [4.69, 9.17) is 0 Å². The molecule has 3 aromatic rings. The number of carbonyl (C=O) groups is 2. The summed E-state index contributed by atoms with van der Waals surface area (Å²) in [5.74, 6) is -1.87. The van der Waals surface area contributed by atoms with Gasteiger partial charge in [-0.3, -0.25) is 9.59 Å². The summed E-state index contributed by atoms with van der Waals surface area (Å²) in [7, 11) is 0. The van der Waals surface area contributed by atoms with Crippen molar-refractivity contribution in [2.75, 3.05) is 0 Å². The van der Waals surface area contributed by atoms with Crippen LogP contribution in [-0.4, -0.2) is 11.6 Å². The van der Waals surface area contributed by atoms with Crippen LogP contribution in [0.25, 0.3) is 11.1 Å². The summed E-state index contributed by atoms with van der Waals surface area (Å²) in [6, 6.07) is 18.5. The number of ketones is 2. The average Bonchev–Trinajstić information content (AvgIpc) is 2.93. The van der Waals surface area contributed by atoms with Gasteiger partial charge in [0.05, 0.1) is 5.56 Å². The summed E-state index contributed by atoms with van der Waals surface area (Å²) >= 11 is 0. The van der Waals surface area contributed by atoms with Gasteiger partial charge < -0.3 is 0 Å². The second kappa shape index (κ2) is 6.20. The van der Waals surface area contributed by atoms with Crippen LogP contribution < -0.4 is 0 Å². The third-order valence-corrected chi connectivity index (χ3v) is 4.76. The molecule has 4 rings (SSSR count). The van der Waals surface area contributed by atoms with E-state index < -0.39 is 17.7 Å². The highest BCUT2D eigenvalue weighted by molar-refractivity contribution is 6.31. The fraction of sp³-hybridized carbons (Fsp3) is 0.0909. The Bertz CT molecular complexity index is 1040. The zero-order valence-electron chi connectivity index (χ0n) is 14.0. The topological polar surface area (TPSA) is 34.1 Å². The molecule has 0 saturated carbocycles. The van der Waals surface area contributed by atoms with E-state index in [-0.39, 0.29) is 17.1 Å². The van der Waals surface area contributed by atoms with Gasteiger partial charge in [-0.05, 0) is 28.8 Å². The van der Waals surface area contributed by atoms with Gasteiger partial charge in [0.15, 0.2) is 11.6 Å². The summed E-state index contributed by atoms with van der Waals surface area (Å²) in [5, 5.41) is 0. The quantitative estimate of drug-likeness (QED) is 0.559. The second-order valence-electron chi connectivity index (χ2n) is 6.38. The molecule has 0 N–H and O–H groups in total. The molecule has 1 unspecified atom stereocenters. The van der Waals surface area contributed by atoms with E-state index in [0.717, 1.165) is 17.7 Å². The number of alkyl halides is 3. The molecular formula is C22H13F3O2. The number of fused-ring (bicyclic) bond motifs is 1. The molecule has 0 spiro atoms. The first kappa shape index (κ1) is 17.2. The largest absolute Gasteiger partial charge is 0.416 e. The Morgan fingerprint density at radius 1 is 0.667 bits per heavy atom. The molecule has 134 valence electrons. The number of hydrogen-bond acceptors (Lipinski definition) is 2. The van der Waals surface area contributed by atoms with E-state index in [1.807, 2.05) is 30.3 Å². The van der Waals surface area contributed by atoms with Gasteiger partial charge in [-0.2, -0.15) is 13.2 Å². The van der Waals surface area contributed by atoms with E-state index in [0.29, 0.717) is 16.7 Å². The van der Waals surface area contributed by atoms with Gasteiger partial charge in [0.25, 0.3) is 0 Å². The summed E-state index contributed by atoms with van der Waals surface area (Å²) in [4.78, 5) is 25.9. The average molecular weight is 366 g/mol.